The second-order valence-electron chi connectivity index (χ2n) is 6.86. The zero-order valence-electron chi connectivity index (χ0n) is 14.6. The first kappa shape index (κ1) is 16.4. The third-order valence-corrected chi connectivity index (χ3v) is 4.28. The number of fused-ring (bicyclic) bond motifs is 1. The lowest BCUT2D eigenvalue weighted by molar-refractivity contribution is 0.0619. The predicted molar refractivity (Wildman–Crippen MR) is 93.7 cm³/mol. The van der Waals surface area contributed by atoms with E-state index in [9.17, 15) is 4.79 Å². The fraction of sp³-hybridized carbons (Fsp3) is 0.350. The molecule has 0 spiro atoms. The summed E-state index contributed by atoms with van der Waals surface area (Å²) in [4.78, 5) is 12.6. The summed E-state index contributed by atoms with van der Waals surface area (Å²) in [7, 11) is 1.61. The Kier molecular flexibility index (Phi) is 4.22. The van der Waals surface area contributed by atoms with E-state index in [1.165, 1.54) is 0 Å². The molecule has 0 saturated carbocycles. The van der Waals surface area contributed by atoms with Crippen LogP contribution in [0.25, 0.3) is 0 Å². The van der Waals surface area contributed by atoms with Crippen molar-refractivity contribution in [3.05, 3.63) is 59.2 Å². The molecule has 4 heteroatoms. The largest absolute Gasteiger partial charge is 0.497 e. The maximum atomic E-state index is 12.6. The van der Waals surface area contributed by atoms with Crippen molar-refractivity contribution in [2.75, 3.05) is 7.11 Å². The van der Waals surface area contributed by atoms with Gasteiger partial charge in [0.05, 0.1) is 13.2 Å². The summed E-state index contributed by atoms with van der Waals surface area (Å²) < 4.78 is 11.2. The van der Waals surface area contributed by atoms with Crippen molar-refractivity contribution in [3.63, 3.8) is 0 Å². The maximum Gasteiger partial charge on any atom is 0.251 e. The number of carbonyl (C=O) groups excluding carboxylic acids is 1. The molecule has 126 valence electrons. The summed E-state index contributed by atoms with van der Waals surface area (Å²) >= 11 is 0. The SMILES string of the molecule is COc1ccc(C(=O)NC2CC(C)(C)Oc3ccc(C)cc32)cc1. The summed E-state index contributed by atoms with van der Waals surface area (Å²) in [5.74, 6) is 1.49. The average Bonchev–Trinajstić information content (AvgIpc) is 2.55. The number of hydrogen-bond donors (Lipinski definition) is 1. The van der Waals surface area contributed by atoms with Gasteiger partial charge in [-0.1, -0.05) is 17.7 Å². The van der Waals surface area contributed by atoms with Crippen LogP contribution in [-0.4, -0.2) is 18.6 Å². The van der Waals surface area contributed by atoms with Crippen molar-refractivity contribution >= 4 is 5.91 Å². The molecule has 4 nitrogen and oxygen atoms in total. The minimum Gasteiger partial charge on any atom is -0.497 e. The molecule has 2 aromatic carbocycles. The van der Waals surface area contributed by atoms with Gasteiger partial charge in [0.2, 0.25) is 0 Å². The minimum atomic E-state index is -0.319. The van der Waals surface area contributed by atoms with Gasteiger partial charge in [0, 0.05) is 17.5 Å². The molecule has 0 saturated heterocycles. The summed E-state index contributed by atoms with van der Waals surface area (Å²) in [6.45, 7) is 6.13. The van der Waals surface area contributed by atoms with Crippen molar-refractivity contribution in [1.82, 2.24) is 5.32 Å². The monoisotopic (exact) mass is 325 g/mol. The molecule has 1 amide bonds. The second kappa shape index (κ2) is 6.19. The Hall–Kier alpha value is -2.49. The molecule has 0 aliphatic carbocycles. The lowest BCUT2D eigenvalue weighted by Crippen LogP contribution is -2.41. The van der Waals surface area contributed by atoms with Crippen LogP contribution in [0.15, 0.2) is 42.5 Å². The van der Waals surface area contributed by atoms with E-state index in [0.29, 0.717) is 5.56 Å². The van der Waals surface area contributed by atoms with Gasteiger partial charge in [-0.2, -0.15) is 0 Å². The van der Waals surface area contributed by atoms with Gasteiger partial charge in [-0.15, -0.1) is 0 Å². The number of carbonyl (C=O) groups is 1. The summed E-state index contributed by atoms with van der Waals surface area (Å²) in [5.41, 5.74) is 2.49. The van der Waals surface area contributed by atoms with Gasteiger partial charge < -0.3 is 14.8 Å². The van der Waals surface area contributed by atoms with Crippen LogP contribution in [0.2, 0.25) is 0 Å². The molecule has 2 aromatic rings. The summed E-state index contributed by atoms with van der Waals surface area (Å²) in [6.07, 6.45) is 0.728. The molecule has 1 aliphatic heterocycles. The van der Waals surface area contributed by atoms with Crippen LogP contribution >= 0.6 is 0 Å². The number of ether oxygens (including phenoxy) is 2. The smallest absolute Gasteiger partial charge is 0.251 e. The molecule has 0 bridgehead atoms. The van der Waals surface area contributed by atoms with E-state index < -0.39 is 0 Å². The first-order valence-corrected chi connectivity index (χ1v) is 8.12. The molecule has 24 heavy (non-hydrogen) atoms. The number of aryl methyl sites for hydroxylation is 1. The zero-order valence-corrected chi connectivity index (χ0v) is 14.6. The van der Waals surface area contributed by atoms with E-state index >= 15 is 0 Å². The number of amides is 1. The molecule has 1 N–H and O–H groups in total. The number of nitrogens with one attached hydrogen (secondary N) is 1. The van der Waals surface area contributed by atoms with E-state index in [-0.39, 0.29) is 17.6 Å². The predicted octanol–water partition coefficient (Wildman–Crippen LogP) is 4.04. The number of benzene rings is 2. The Labute approximate surface area is 142 Å². The molecule has 0 aromatic heterocycles. The fourth-order valence-corrected chi connectivity index (χ4v) is 3.09. The van der Waals surface area contributed by atoms with E-state index in [2.05, 4.69) is 11.4 Å². The lowest BCUT2D eigenvalue weighted by Gasteiger charge is -2.38. The van der Waals surface area contributed by atoms with Crippen molar-refractivity contribution in [2.24, 2.45) is 0 Å². The third kappa shape index (κ3) is 3.37. The highest BCUT2D eigenvalue weighted by molar-refractivity contribution is 5.94. The Bertz CT molecular complexity index is 750. The zero-order chi connectivity index (χ0) is 17.3. The summed E-state index contributed by atoms with van der Waals surface area (Å²) in [6, 6.07) is 13.2. The Morgan fingerprint density at radius 2 is 1.92 bits per heavy atom. The van der Waals surface area contributed by atoms with E-state index in [4.69, 9.17) is 9.47 Å². The molecular formula is C20H23NO3. The van der Waals surface area contributed by atoms with Crippen LogP contribution in [0.3, 0.4) is 0 Å². The molecule has 1 heterocycles. The van der Waals surface area contributed by atoms with Gasteiger partial charge in [0.25, 0.3) is 5.91 Å². The van der Waals surface area contributed by atoms with Crippen LogP contribution in [0, 0.1) is 6.92 Å². The van der Waals surface area contributed by atoms with Gasteiger partial charge in [0.15, 0.2) is 0 Å². The Morgan fingerprint density at radius 3 is 2.58 bits per heavy atom. The van der Waals surface area contributed by atoms with Gasteiger partial charge in [-0.05, 0) is 51.1 Å². The molecule has 0 radical (unpaired) electrons. The second-order valence-corrected chi connectivity index (χ2v) is 6.86. The maximum absolute atomic E-state index is 12.6. The standard InChI is InChI=1S/C20H23NO3/c1-13-5-10-18-16(11-13)17(12-20(2,3)24-18)21-19(22)14-6-8-15(23-4)9-7-14/h5-11,17H,12H2,1-4H3,(H,21,22). The fourth-order valence-electron chi connectivity index (χ4n) is 3.09. The van der Waals surface area contributed by atoms with E-state index in [0.717, 1.165) is 29.0 Å². The van der Waals surface area contributed by atoms with Crippen LogP contribution in [0.5, 0.6) is 11.5 Å². The van der Waals surface area contributed by atoms with Gasteiger partial charge in [-0.25, -0.2) is 0 Å². The highest BCUT2D eigenvalue weighted by atomic mass is 16.5. The van der Waals surface area contributed by atoms with Crippen molar-refractivity contribution in [3.8, 4) is 11.5 Å². The molecular weight excluding hydrogens is 302 g/mol. The highest BCUT2D eigenvalue weighted by Gasteiger charge is 2.34. The highest BCUT2D eigenvalue weighted by Crippen LogP contribution is 2.40. The van der Waals surface area contributed by atoms with Crippen molar-refractivity contribution < 1.29 is 14.3 Å². The van der Waals surface area contributed by atoms with Gasteiger partial charge >= 0.3 is 0 Å². The first-order chi connectivity index (χ1) is 11.4. The topological polar surface area (TPSA) is 47.6 Å². The quantitative estimate of drug-likeness (QED) is 0.926. The summed E-state index contributed by atoms with van der Waals surface area (Å²) in [5, 5.41) is 3.15. The number of rotatable bonds is 3. The van der Waals surface area contributed by atoms with Crippen LogP contribution in [0.4, 0.5) is 0 Å². The normalized spacial score (nSPS) is 18.2. The van der Waals surface area contributed by atoms with Crippen molar-refractivity contribution in [1.29, 1.82) is 0 Å². The van der Waals surface area contributed by atoms with Crippen LogP contribution in [-0.2, 0) is 0 Å². The molecule has 1 aliphatic rings. The minimum absolute atomic E-state index is 0.0711. The third-order valence-electron chi connectivity index (χ3n) is 4.28. The Balaban J connectivity index is 1.85. The van der Waals surface area contributed by atoms with Gasteiger partial charge in [-0.3, -0.25) is 4.79 Å². The van der Waals surface area contributed by atoms with Crippen LogP contribution in [0.1, 0.15) is 47.8 Å². The van der Waals surface area contributed by atoms with Gasteiger partial charge in [0.1, 0.15) is 17.1 Å². The molecule has 3 rings (SSSR count). The first-order valence-electron chi connectivity index (χ1n) is 8.12. The molecule has 1 atom stereocenters. The average molecular weight is 325 g/mol. The van der Waals surface area contributed by atoms with Crippen molar-refractivity contribution in [2.45, 2.75) is 38.8 Å². The van der Waals surface area contributed by atoms with E-state index in [1.807, 2.05) is 32.9 Å². The lowest BCUT2D eigenvalue weighted by atomic mass is 9.88. The Morgan fingerprint density at radius 1 is 1.21 bits per heavy atom. The molecule has 1 unspecified atom stereocenters. The number of hydrogen-bond acceptors (Lipinski definition) is 3. The van der Waals surface area contributed by atoms with E-state index in [1.54, 1.807) is 31.4 Å². The number of methoxy groups -OCH3 is 1. The van der Waals surface area contributed by atoms with Crippen LogP contribution < -0.4 is 14.8 Å². The molecule has 0 fully saturated rings.